The van der Waals surface area contributed by atoms with E-state index in [4.69, 9.17) is 9.97 Å². The van der Waals surface area contributed by atoms with Crippen LogP contribution in [-0.4, -0.2) is 20.9 Å². The Morgan fingerprint density at radius 2 is 1.58 bits per heavy atom. The molecule has 4 nitrogen and oxygen atoms in total. The minimum absolute atomic E-state index is 0.835. The molecule has 5 heterocycles. The lowest BCUT2D eigenvalue weighted by atomic mass is 10.0. The quantitative estimate of drug-likeness (QED) is 0.272. The molecule has 7 aromatic rings. The maximum absolute atomic E-state index is 5.04. The number of rotatable bonds is 2. The largest absolute Gasteiger partial charge is 0.379 e. The van der Waals surface area contributed by atoms with Crippen molar-refractivity contribution in [3.8, 4) is 22.4 Å². The number of imidazole rings is 1. The van der Waals surface area contributed by atoms with Crippen molar-refractivity contribution in [1.82, 2.24) is 14.4 Å². The number of benzene rings is 3. The van der Waals surface area contributed by atoms with Gasteiger partial charge >= 0.3 is 0 Å². The lowest BCUT2D eigenvalue weighted by molar-refractivity contribution is 1.24. The highest BCUT2D eigenvalue weighted by Gasteiger charge is 2.13. The zero-order chi connectivity index (χ0) is 23.6. The predicted octanol–water partition coefficient (Wildman–Crippen LogP) is 8.02. The molecule has 4 aromatic heterocycles. The molecule has 0 spiro atoms. The van der Waals surface area contributed by atoms with Gasteiger partial charge in [-0.25, -0.2) is 9.97 Å². The van der Waals surface area contributed by atoms with Crippen molar-refractivity contribution in [2.45, 2.75) is 0 Å². The molecule has 1 aliphatic heterocycles. The van der Waals surface area contributed by atoms with E-state index in [0.717, 1.165) is 45.6 Å². The van der Waals surface area contributed by atoms with Gasteiger partial charge in [0.05, 0.1) is 16.9 Å². The molecule has 0 atom stereocenters. The Balaban J connectivity index is 1.19. The van der Waals surface area contributed by atoms with Crippen molar-refractivity contribution in [3.63, 3.8) is 0 Å². The van der Waals surface area contributed by atoms with Crippen LogP contribution in [0.3, 0.4) is 0 Å². The van der Waals surface area contributed by atoms with E-state index in [2.05, 4.69) is 113 Å². The molecule has 0 saturated carbocycles. The molecule has 0 aliphatic carbocycles. The summed E-state index contributed by atoms with van der Waals surface area (Å²) in [6.45, 7) is 0.835. The van der Waals surface area contributed by atoms with E-state index in [-0.39, 0.29) is 0 Å². The smallest absolute Gasteiger partial charge is 0.138 e. The van der Waals surface area contributed by atoms with Gasteiger partial charge in [0.15, 0.2) is 0 Å². The Kier molecular flexibility index (Phi) is 4.13. The molecule has 0 unspecified atom stereocenters. The second-order valence-electron chi connectivity index (χ2n) is 9.17. The van der Waals surface area contributed by atoms with Crippen LogP contribution in [0.25, 0.3) is 65.4 Å². The van der Waals surface area contributed by atoms with Crippen molar-refractivity contribution in [2.24, 2.45) is 0 Å². The van der Waals surface area contributed by atoms with Gasteiger partial charge in [0.2, 0.25) is 0 Å². The lowest BCUT2D eigenvalue weighted by Gasteiger charge is -2.15. The highest BCUT2D eigenvalue weighted by molar-refractivity contribution is 7.25. The van der Waals surface area contributed by atoms with E-state index >= 15 is 0 Å². The molecule has 1 aliphatic rings. The monoisotopic (exact) mass is 480 g/mol. The van der Waals surface area contributed by atoms with Gasteiger partial charge in [0.25, 0.3) is 0 Å². The van der Waals surface area contributed by atoms with Gasteiger partial charge in [-0.3, -0.25) is 4.40 Å². The number of hydrogen-bond donors (Lipinski definition) is 1. The van der Waals surface area contributed by atoms with Crippen LogP contribution in [0.15, 0.2) is 97.2 Å². The average molecular weight is 481 g/mol. The molecule has 170 valence electrons. The Hall–Kier alpha value is -4.48. The Bertz CT molecular complexity index is 1990. The fourth-order valence-electron chi connectivity index (χ4n) is 5.19. The van der Waals surface area contributed by atoms with Crippen LogP contribution in [-0.2, 0) is 0 Å². The first-order valence-corrected chi connectivity index (χ1v) is 12.9. The van der Waals surface area contributed by atoms with Crippen LogP contribution in [0.4, 0.5) is 5.69 Å². The van der Waals surface area contributed by atoms with Gasteiger partial charge in [-0.15, -0.1) is 11.3 Å². The van der Waals surface area contributed by atoms with Gasteiger partial charge in [0, 0.05) is 33.8 Å². The highest BCUT2D eigenvalue weighted by Crippen LogP contribution is 2.35. The second-order valence-corrected chi connectivity index (χ2v) is 10.2. The lowest BCUT2D eigenvalue weighted by Crippen LogP contribution is -2.05. The van der Waals surface area contributed by atoms with E-state index in [1.165, 1.54) is 31.6 Å². The number of aromatic nitrogens is 3. The molecule has 8 rings (SSSR count). The fourth-order valence-corrected chi connectivity index (χ4v) is 6.32. The van der Waals surface area contributed by atoms with Crippen LogP contribution >= 0.6 is 11.3 Å². The number of hydrogen-bond acceptors (Lipinski definition) is 4. The van der Waals surface area contributed by atoms with Crippen molar-refractivity contribution >= 4 is 60.1 Å². The topological polar surface area (TPSA) is 42.2 Å². The Labute approximate surface area is 211 Å². The number of anilines is 1. The molecular formula is C31H20N4S. The zero-order valence-electron chi connectivity index (χ0n) is 19.3. The molecule has 3 aromatic carbocycles. The number of nitrogens with zero attached hydrogens (tertiary/aromatic N) is 3. The third-order valence-corrected chi connectivity index (χ3v) is 8.19. The van der Waals surface area contributed by atoms with Gasteiger partial charge in [-0.1, -0.05) is 72.8 Å². The maximum Gasteiger partial charge on any atom is 0.138 e. The van der Waals surface area contributed by atoms with Crippen LogP contribution in [0.1, 0.15) is 5.56 Å². The highest BCUT2D eigenvalue weighted by atomic mass is 32.1. The van der Waals surface area contributed by atoms with Crippen LogP contribution in [0.5, 0.6) is 0 Å². The number of fused-ring (bicyclic) bond motifs is 8. The molecule has 0 fully saturated rings. The summed E-state index contributed by atoms with van der Waals surface area (Å²) in [6.07, 6.45) is 6.51. The van der Waals surface area contributed by atoms with Gasteiger partial charge in [-0.05, 0) is 41.0 Å². The van der Waals surface area contributed by atoms with E-state index in [9.17, 15) is 0 Å². The SMILES string of the molecule is C1=Cc2ccc3ccc(-c4ccc(-c5ccc6nc7c8ccccc8sc7n6c5)cc4)nc3c2NC1. The first kappa shape index (κ1) is 19.8. The van der Waals surface area contributed by atoms with E-state index in [1.807, 2.05) is 0 Å². The normalized spacial score (nSPS) is 13.0. The summed E-state index contributed by atoms with van der Waals surface area (Å²) in [5.74, 6) is 0. The second kappa shape index (κ2) is 7.51. The summed E-state index contributed by atoms with van der Waals surface area (Å²) < 4.78 is 3.49. The third-order valence-electron chi connectivity index (χ3n) is 7.03. The molecule has 0 bridgehead atoms. The van der Waals surface area contributed by atoms with Crippen molar-refractivity contribution < 1.29 is 0 Å². The van der Waals surface area contributed by atoms with Crippen molar-refractivity contribution in [1.29, 1.82) is 0 Å². The molecule has 0 radical (unpaired) electrons. The van der Waals surface area contributed by atoms with Gasteiger partial charge < -0.3 is 5.32 Å². The summed E-state index contributed by atoms with van der Waals surface area (Å²) in [5, 5.41) is 5.87. The maximum atomic E-state index is 5.04. The Morgan fingerprint density at radius 1 is 0.750 bits per heavy atom. The molecule has 5 heteroatoms. The van der Waals surface area contributed by atoms with Crippen molar-refractivity contribution in [2.75, 3.05) is 11.9 Å². The standard InChI is InChI=1S/C31H20N4S/c1-2-6-26-24(5-1)30-31(36-26)35-18-23(14-16-27(35)34-30)19-7-9-20(10-8-19)25-15-13-22-12-11-21-4-3-17-32-28(21)29(22)33-25/h1-16,18,32H,17H2. The molecular weight excluding hydrogens is 460 g/mol. The van der Waals surface area contributed by atoms with Gasteiger partial charge in [0.1, 0.15) is 16.0 Å². The minimum atomic E-state index is 0.835. The number of thiophene rings is 1. The number of nitrogens with one attached hydrogen (secondary N) is 1. The summed E-state index contributed by atoms with van der Waals surface area (Å²) in [6, 6.07) is 30.0. The first-order valence-electron chi connectivity index (χ1n) is 12.1. The van der Waals surface area contributed by atoms with Crippen molar-refractivity contribution in [3.05, 3.63) is 103 Å². The molecule has 1 N–H and O–H groups in total. The summed E-state index contributed by atoms with van der Waals surface area (Å²) in [5.41, 5.74) is 9.83. The first-order chi connectivity index (χ1) is 17.8. The van der Waals surface area contributed by atoms with E-state index < -0.39 is 0 Å². The molecule has 0 amide bonds. The Morgan fingerprint density at radius 3 is 2.53 bits per heavy atom. The third kappa shape index (κ3) is 2.93. The summed E-state index contributed by atoms with van der Waals surface area (Å²) >= 11 is 1.79. The number of pyridine rings is 2. The van der Waals surface area contributed by atoms with E-state index in [1.54, 1.807) is 11.3 Å². The van der Waals surface area contributed by atoms with Crippen LogP contribution in [0, 0.1) is 0 Å². The molecule has 0 saturated heterocycles. The molecule has 36 heavy (non-hydrogen) atoms. The van der Waals surface area contributed by atoms with Crippen LogP contribution in [0.2, 0.25) is 0 Å². The minimum Gasteiger partial charge on any atom is -0.379 e. The average Bonchev–Trinajstić information content (AvgIpc) is 3.49. The predicted molar refractivity (Wildman–Crippen MR) is 152 cm³/mol. The fraction of sp³-hybridized carbons (Fsp3) is 0.0323. The summed E-state index contributed by atoms with van der Waals surface area (Å²) in [4.78, 5) is 11.1. The zero-order valence-corrected chi connectivity index (χ0v) is 20.1. The van der Waals surface area contributed by atoms with E-state index in [0.29, 0.717) is 0 Å². The van der Waals surface area contributed by atoms with Crippen LogP contribution < -0.4 is 5.32 Å². The van der Waals surface area contributed by atoms with Gasteiger partial charge in [-0.2, -0.15) is 0 Å². The summed E-state index contributed by atoms with van der Waals surface area (Å²) in [7, 11) is 0.